The number of phenolic OH excluding ortho intramolecular Hbond substituents is 1. The van der Waals surface area contributed by atoms with Gasteiger partial charge < -0.3 is 22.3 Å². The predicted molar refractivity (Wildman–Crippen MR) is 56.8 cm³/mol. The van der Waals surface area contributed by atoms with Crippen molar-refractivity contribution in [3.8, 4) is 5.75 Å². The van der Waals surface area contributed by atoms with E-state index in [9.17, 15) is 10.3 Å². The number of phenols is 1. The molecule has 1 aromatic rings. The number of benzene rings is 1. The fourth-order valence-corrected chi connectivity index (χ4v) is 1.46. The van der Waals surface area contributed by atoms with E-state index < -0.39 is 0 Å². The average Bonchev–Trinajstić information content (AvgIpc) is 2.23. The van der Waals surface area contributed by atoms with Gasteiger partial charge in [0.2, 0.25) is 0 Å². The summed E-state index contributed by atoms with van der Waals surface area (Å²) in [5.74, 6) is -0.207. The van der Waals surface area contributed by atoms with Crippen LogP contribution in [0.4, 0.5) is 22.7 Å². The monoisotopic (exact) mass is 209 g/mol. The Bertz CT molecular complexity index is 457. The van der Waals surface area contributed by atoms with Crippen molar-refractivity contribution in [3.63, 3.8) is 0 Å². The van der Waals surface area contributed by atoms with Crippen molar-refractivity contribution >= 4 is 29.1 Å². The fraction of sp³-hybridized carbons (Fsp3) is 0.125. The second-order valence-electron chi connectivity index (χ2n) is 3.26. The molecule has 7 nitrogen and oxygen atoms in total. The Morgan fingerprint density at radius 3 is 2.53 bits per heavy atom. The molecule has 7 heteroatoms. The van der Waals surface area contributed by atoms with E-state index in [0.29, 0.717) is 5.56 Å². The Balaban J connectivity index is 2.74. The van der Waals surface area contributed by atoms with E-state index in [1.54, 1.807) is 0 Å². The smallest absolute Gasteiger partial charge is 0.167 e. The lowest BCUT2D eigenvalue weighted by atomic mass is 10.1. The van der Waals surface area contributed by atoms with Gasteiger partial charge in [0.15, 0.2) is 5.75 Å². The lowest BCUT2D eigenvalue weighted by Crippen LogP contribution is -2.21. The lowest BCUT2D eigenvalue weighted by Gasteiger charge is -2.22. The van der Waals surface area contributed by atoms with Gasteiger partial charge in [-0.05, 0) is 0 Å². The molecule has 0 fully saturated rings. The Kier molecular flexibility index (Phi) is 1.83. The number of hydrogen-bond acceptors (Lipinski definition) is 7. The van der Waals surface area contributed by atoms with Crippen molar-refractivity contribution in [1.82, 2.24) is 5.06 Å². The predicted octanol–water partition coefficient (Wildman–Crippen LogP) is 0.00340. The highest BCUT2D eigenvalue weighted by Gasteiger charge is 2.22. The van der Waals surface area contributed by atoms with Crippen LogP contribution in [0.15, 0.2) is 4.99 Å². The van der Waals surface area contributed by atoms with Crippen LogP contribution >= 0.6 is 0 Å². The topological polar surface area (TPSA) is 134 Å². The molecule has 2 rings (SSSR count). The molecule has 1 heterocycles. The van der Waals surface area contributed by atoms with Crippen LogP contribution in [-0.2, 0) is 6.54 Å². The van der Waals surface area contributed by atoms with Gasteiger partial charge in [0.25, 0.3) is 0 Å². The first-order valence-corrected chi connectivity index (χ1v) is 4.20. The first kappa shape index (κ1) is 9.41. The van der Waals surface area contributed by atoms with Crippen LogP contribution in [0.5, 0.6) is 5.75 Å². The van der Waals surface area contributed by atoms with E-state index in [1.807, 2.05) is 0 Å². The molecule has 0 amide bonds. The number of nitrogen functional groups attached to an aromatic ring is 3. The summed E-state index contributed by atoms with van der Waals surface area (Å²) in [5, 5.41) is 19.7. The molecule has 0 bridgehead atoms. The van der Waals surface area contributed by atoms with Gasteiger partial charge in [-0.3, -0.25) is 5.21 Å². The molecule has 0 saturated heterocycles. The zero-order valence-corrected chi connectivity index (χ0v) is 7.81. The van der Waals surface area contributed by atoms with E-state index in [2.05, 4.69) is 4.99 Å². The summed E-state index contributed by atoms with van der Waals surface area (Å²) >= 11 is 0. The van der Waals surface area contributed by atoms with Gasteiger partial charge in [-0.2, -0.15) is 0 Å². The highest BCUT2D eigenvalue weighted by Crippen LogP contribution is 2.45. The van der Waals surface area contributed by atoms with E-state index in [-0.39, 0.29) is 35.0 Å². The second kappa shape index (κ2) is 2.92. The number of rotatable bonds is 0. The van der Waals surface area contributed by atoms with Gasteiger partial charge in [-0.25, -0.2) is 10.1 Å². The zero-order valence-electron chi connectivity index (χ0n) is 7.81. The first-order chi connectivity index (χ1) is 7.02. The third-order valence-electron chi connectivity index (χ3n) is 2.31. The summed E-state index contributed by atoms with van der Waals surface area (Å²) in [7, 11) is 0. The van der Waals surface area contributed by atoms with Gasteiger partial charge in [-0.15, -0.1) is 0 Å². The Hall–Kier alpha value is -2.15. The summed E-state index contributed by atoms with van der Waals surface area (Å²) in [6.45, 7) is 0.114. The van der Waals surface area contributed by atoms with Gasteiger partial charge in [0.05, 0.1) is 17.9 Å². The third-order valence-corrected chi connectivity index (χ3v) is 2.31. The first-order valence-electron chi connectivity index (χ1n) is 4.20. The average molecular weight is 209 g/mol. The maximum absolute atomic E-state index is 9.66. The fourth-order valence-electron chi connectivity index (χ4n) is 1.46. The Morgan fingerprint density at radius 1 is 1.20 bits per heavy atom. The quantitative estimate of drug-likeness (QED) is 0.232. The number of nitrogens with zero attached hydrogens (tertiary/aromatic N) is 2. The molecule has 15 heavy (non-hydrogen) atoms. The molecule has 1 aliphatic heterocycles. The number of hydrogen-bond donors (Lipinski definition) is 5. The summed E-state index contributed by atoms with van der Waals surface area (Å²) < 4.78 is 0. The summed E-state index contributed by atoms with van der Waals surface area (Å²) in [6, 6.07) is 0. The van der Waals surface area contributed by atoms with Gasteiger partial charge in [-0.1, -0.05) is 0 Å². The van der Waals surface area contributed by atoms with E-state index >= 15 is 0 Å². The molecule has 0 aromatic heterocycles. The van der Waals surface area contributed by atoms with Crippen LogP contribution in [-0.4, -0.2) is 21.7 Å². The molecule has 0 atom stereocenters. The molecule has 80 valence electrons. The molecule has 0 unspecified atom stereocenters. The highest BCUT2D eigenvalue weighted by atomic mass is 16.5. The maximum Gasteiger partial charge on any atom is 0.167 e. The minimum Gasteiger partial charge on any atom is -0.504 e. The number of nitrogens with two attached hydrogens (primary N) is 3. The number of fused-ring (bicyclic) bond motifs is 1. The Labute approximate surface area is 85.4 Å². The van der Waals surface area contributed by atoms with Gasteiger partial charge in [0, 0.05) is 5.56 Å². The van der Waals surface area contributed by atoms with Crippen LogP contribution in [0.1, 0.15) is 5.56 Å². The van der Waals surface area contributed by atoms with Gasteiger partial charge >= 0.3 is 0 Å². The van der Waals surface area contributed by atoms with E-state index in [4.69, 9.17) is 17.2 Å². The minimum absolute atomic E-state index is 0.00906. The molecule has 0 radical (unpaired) electrons. The van der Waals surface area contributed by atoms with Crippen LogP contribution < -0.4 is 17.2 Å². The van der Waals surface area contributed by atoms with Crippen molar-refractivity contribution < 1.29 is 10.3 Å². The van der Waals surface area contributed by atoms with E-state index in [1.165, 1.54) is 0 Å². The van der Waals surface area contributed by atoms with Crippen molar-refractivity contribution in [2.75, 3.05) is 17.2 Å². The molecule has 0 aliphatic carbocycles. The summed E-state index contributed by atoms with van der Waals surface area (Å²) in [6.07, 6.45) is 1.16. The second-order valence-corrected chi connectivity index (χ2v) is 3.26. The largest absolute Gasteiger partial charge is 0.504 e. The maximum atomic E-state index is 9.66. The normalized spacial score (nSPS) is 14.1. The summed E-state index contributed by atoms with van der Waals surface area (Å²) in [5.41, 5.74) is 17.9. The molecule has 0 spiro atoms. The Morgan fingerprint density at radius 2 is 1.87 bits per heavy atom. The zero-order chi connectivity index (χ0) is 11.2. The molecular weight excluding hydrogens is 198 g/mol. The summed E-state index contributed by atoms with van der Waals surface area (Å²) in [4.78, 5) is 3.82. The minimum atomic E-state index is -0.207. The van der Waals surface area contributed by atoms with E-state index in [0.717, 1.165) is 11.4 Å². The number of anilines is 3. The van der Waals surface area contributed by atoms with Gasteiger partial charge in [0.1, 0.15) is 17.7 Å². The van der Waals surface area contributed by atoms with Crippen LogP contribution in [0.25, 0.3) is 0 Å². The van der Waals surface area contributed by atoms with Crippen molar-refractivity contribution in [2.45, 2.75) is 6.54 Å². The SMILES string of the molecule is Nc1c(N)c(O)c2c(c1N)CN(O)C=N2. The molecular formula is C8H11N5O2. The molecule has 0 saturated carbocycles. The number of aliphatic imine (C=N–C) groups is 1. The van der Waals surface area contributed by atoms with Crippen molar-refractivity contribution in [3.05, 3.63) is 5.56 Å². The lowest BCUT2D eigenvalue weighted by molar-refractivity contribution is -0.0177. The highest BCUT2D eigenvalue weighted by molar-refractivity contribution is 5.92. The number of hydroxylamine groups is 2. The van der Waals surface area contributed by atoms with Crippen LogP contribution in [0, 0.1) is 0 Å². The van der Waals surface area contributed by atoms with Crippen molar-refractivity contribution in [1.29, 1.82) is 0 Å². The molecule has 8 N–H and O–H groups in total. The molecule has 1 aromatic carbocycles. The van der Waals surface area contributed by atoms with Crippen LogP contribution in [0.2, 0.25) is 0 Å². The van der Waals surface area contributed by atoms with Crippen molar-refractivity contribution in [2.24, 2.45) is 4.99 Å². The molecule has 1 aliphatic rings. The standard InChI is InChI=1S/C8H11N5O2/c9-4-3-1-13(15)2-12-7(3)8(14)6(11)5(4)10/h2,14-15H,1,9-11H2. The third kappa shape index (κ3) is 1.21. The number of aromatic hydroxyl groups is 1. The van der Waals surface area contributed by atoms with Crippen LogP contribution in [0.3, 0.4) is 0 Å².